The Labute approximate surface area is 188 Å². The van der Waals surface area contributed by atoms with E-state index < -0.39 is 15.8 Å². The quantitative estimate of drug-likeness (QED) is 0.368. The number of thiophene rings is 2. The van der Waals surface area contributed by atoms with E-state index in [0.717, 1.165) is 21.1 Å². The summed E-state index contributed by atoms with van der Waals surface area (Å²) in [6.07, 6.45) is 0.709. The highest BCUT2D eigenvalue weighted by molar-refractivity contribution is 7.91. The highest BCUT2D eigenvalue weighted by atomic mass is 32.2. The fourth-order valence-corrected chi connectivity index (χ4v) is 6.89. The number of hydrogen-bond acceptors (Lipinski definition) is 10. The molecule has 1 atom stereocenters. The van der Waals surface area contributed by atoms with Gasteiger partial charge in [0.15, 0.2) is 9.96 Å². The summed E-state index contributed by atoms with van der Waals surface area (Å²) in [4.78, 5) is 2.44. The number of nitrogens with one attached hydrogen (secondary N) is 2. The summed E-state index contributed by atoms with van der Waals surface area (Å²) in [5.41, 5.74) is 0.118. The average molecular weight is 488 g/mol. The highest BCUT2D eigenvalue weighted by Crippen LogP contribution is 2.41. The van der Waals surface area contributed by atoms with Crippen LogP contribution in [0.4, 0.5) is 17.3 Å². The maximum Gasteiger partial charge on any atom is 0.320 e. The first-order valence-corrected chi connectivity index (χ1v) is 12.9. The lowest BCUT2D eigenvalue weighted by Gasteiger charge is -2.17. The molecule has 31 heavy (non-hydrogen) atoms. The van der Waals surface area contributed by atoms with Crippen LogP contribution in [-0.4, -0.2) is 36.1 Å². The van der Waals surface area contributed by atoms with E-state index in [1.54, 1.807) is 25.2 Å². The largest absolute Gasteiger partial charge is 0.504 e. The van der Waals surface area contributed by atoms with Crippen molar-refractivity contribution in [3.8, 4) is 5.75 Å². The predicted molar refractivity (Wildman–Crippen MR) is 121 cm³/mol. The molecule has 0 spiro atoms. The third-order valence-corrected chi connectivity index (χ3v) is 9.36. The van der Waals surface area contributed by atoms with Crippen LogP contribution in [-0.2, 0) is 10.0 Å². The van der Waals surface area contributed by atoms with Crippen LogP contribution in [0.25, 0.3) is 0 Å². The zero-order chi connectivity index (χ0) is 22.8. The Morgan fingerprint density at radius 2 is 2.03 bits per heavy atom. The first-order chi connectivity index (χ1) is 14.7. The second-order valence-corrected chi connectivity index (χ2v) is 11.0. The third kappa shape index (κ3) is 4.63. The van der Waals surface area contributed by atoms with Gasteiger partial charge in [-0.3, -0.25) is 5.32 Å². The van der Waals surface area contributed by atoms with Gasteiger partial charge in [-0.1, -0.05) is 25.7 Å². The smallest absolute Gasteiger partial charge is 0.320 e. The van der Waals surface area contributed by atoms with E-state index in [2.05, 4.69) is 15.8 Å². The number of rotatable bonds is 10. The van der Waals surface area contributed by atoms with Crippen molar-refractivity contribution in [2.75, 3.05) is 23.7 Å². The molecule has 0 aromatic carbocycles. The summed E-state index contributed by atoms with van der Waals surface area (Å²) in [5, 5.41) is 33.8. The van der Waals surface area contributed by atoms with Gasteiger partial charge in [-0.25, -0.2) is 8.42 Å². The van der Waals surface area contributed by atoms with Gasteiger partial charge in [0.25, 0.3) is 10.0 Å². The number of nitrogens with zero attached hydrogens (tertiary/aromatic N) is 3. The van der Waals surface area contributed by atoms with Crippen molar-refractivity contribution in [1.29, 1.82) is 0 Å². The molecule has 3 heterocycles. The summed E-state index contributed by atoms with van der Waals surface area (Å²) in [7, 11) is -3.83. The topological polar surface area (TPSA) is 135 Å². The molecule has 3 N–H and O–H groups in total. The molecule has 0 radical (unpaired) electrons. The van der Waals surface area contributed by atoms with E-state index in [1.165, 1.54) is 9.69 Å². The van der Waals surface area contributed by atoms with E-state index >= 15 is 0 Å². The molecule has 3 aromatic rings. The number of hydrogen-bond donors (Lipinski definition) is 3. The number of aromatic nitrogens is 2. The van der Waals surface area contributed by atoms with E-state index in [4.69, 9.17) is 4.63 Å². The van der Waals surface area contributed by atoms with E-state index in [0.29, 0.717) is 6.42 Å². The van der Waals surface area contributed by atoms with Crippen molar-refractivity contribution in [2.45, 2.75) is 44.4 Å². The average Bonchev–Trinajstić information content (AvgIpc) is 3.42. The number of aromatic hydroxyl groups is 1. The van der Waals surface area contributed by atoms with Crippen molar-refractivity contribution in [3.63, 3.8) is 0 Å². The Hall–Kier alpha value is -2.35. The van der Waals surface area contributed by atoms with Gasteiger partial charge in [-0.15, -0.1) is 22.7 Å². The van der Waals surface area contributed by atoms with Crippen LogP contribution in [0.15, 0.2) is 26.4 Å². The van der Waals surface area contributed by atoms with Gasteiger partial charge in [-0.2, -0.15) is 4.31 Å². The minimum absolute atomic E-state index is 0.0386. The SMILES string of the molecule is CC[C@@H](Nc1c(Nc2csc(S(=O)(=O)N(CC)CC)c2O)no[n+]1[O-])c1ccc(C)s1. The first-order valence-electron chi connectivity index (χ1n) is 9.73. The summed E-state index contributed by atoms with van der Waals surface area (Å²) < 4.78 is 31.3. The Kier molecular flexibility index (Phi) is 7.09. The molecule has 0 saturated carbocycles. The van der Waals surface area contributed by atoms with Crippen molar-refractivity contribution in [2.24, 2.45) is 0 Å². The maximum atomic E-state index is 12.7. The molecule has 0 unspecified atom stereocenters. The fourth-order valence-electron chi connectivity index (χ4n) is 3.05. The van der Waals surface area contributed by atoms with E-state index in [9.17, 15) is 18.7 Å². The second kappa shape index (κ2) is 9.42. The summed E-state index contributed by atoms with van der Waals surface area (Å²) in [6, 6.07) is 3.85. The van der Waals surface area contributed by atoms with Crippen molar-refractivity contribution in [3.05, 3.63) is 32.5 Å². The molecule has 3 rings (SSSR count). The molecule has 0 saturated heterocycles. The zero-order valence-electron chi connectivity index (χ0n) is 17.6. The van der Waals surface area contributed by atoms with Crippen molar-refractivity contribution in [1.82, 2.24) is 9.46 Å². The lowest BCUT2D eigenvalue weighted by Crippen LogP contribution is -2.30. The van der Waals surface area contributed by atoms with Crippen LogP contribution >= 0.6 is 22.7 Å². The zero-order valence-corrected chi connectivity index (χ0v) is 20.0. The molecule has 0 aliphatic rings. The van der Waals surface area contributed by atoms with Gasteiger partial charge in [-0.05, 0) is 30.6 Å². The number of anilines is 3. The molecule has 0 fully saturated rings. The Balaban J connectivity index is 1.88. The van der Waals surface area contributed by atoms with Crippen molar-refractivity contribution >= 4 is 50.0 Å². The third-order valence-electron chi connectivity index (χ3n) is 4.70. The van der Waals surface area contributed by atoms with Crippen LogP contribution in [0.5, 0.6) is 5.75 Å². The second-order valence-electron chi connectivity index (χ2n) is 6.68. The van der Waals surface area contributed by atoms with Gasteiger partial charge in [0, 0.05) is 28.2 Å². The Morgan fingerprint density at radius 1 is 1.32 bits per heavy atom. The molecule has 0 bridgehead atoms. The van der Waals surface area contributed by atoms with E-state index in [-0.39, 0.29) is 45.6 Å². The normalized spacial score (nSPS) is 12.9. The standard InChI is InChI=1S/C18H25N5O5S3/c1-5-12(14-9-8-11(4)30-14)20-17-16(21-28-23(17)25)19-13-10-29-18(15(13)24)31(26,27)22(6-2)7-3/h8-10,12,20,24H,5-7H2,1-4H3,(H,19,21)/t12-/m1/s1. The van der Waals surface area contributed by atoms with Crippen LogP contribution in [0, 0.1) is 12.1 Å². The Bertz CT molecular complexity index is 1130. The van der Waals surface area contributed by atoms with Crippen LogP contribution in [0.3, 0.4) is 0 Å². The van der Waals surface area contributed by atoms with E-state index in [1.807, 2.05) is 26.0 Å². The summed E-state index contributed by atoms with van der Waals surface area (Å²) in [5.74, 6) is -0.345. The lowest BCUT2D eigenvalue weighted by molar-refractivity contribution is -0.791. The molecule has 170 valence electrons. The highest BCUT2D eigenvalue weighted by Gasteiger charge is 2.30. The van der Waals surface area contributed by atoms with Gasteiger partial charge in [0.2, 0.25) is 0 Å². The summed E-state index contributed by atoms with van der Waals surface area (Å²) >= 11 is 2.51. The summed E-state index contributed by atoms with van der Waals surface area (Å²) in [6.45, 7) is 8.01. The molecule has 0 aliphatic heterocycles. The Morgan fingerprint density at radius 3 is 2.61 bits per heavy atom. The molecule has 3 aromatic heterocycles. The molecule has 0 amide bonds. The molecular formula is C18H25N5O5S3. The lowest BCUT2D eigenvalue weighted by atomic mass is 10.2. The minimum Gasteiger partial charge on any atom is -0.504 e. The molecule has 0 aliphatic carbocycles. The van der Waals surface area contributed by atoms with Crippen molar-refractivity contribution < 1.29 is 23.1 Å². The van der Waals surface area contributed by atoms with Crippen LogP contribution < -0.4 is 15.5 Å². The number of aryl methyl sites for hydroxylation is 1. The fraction of sp³-hybridized carbons (Fsp3) is 0.444. The number of sulfonamides is 1. The monoisotopic (exact) mass is 487 g/mol. The van der Waals surface area contributed by atoms with Crippen LogP contribution in [0.1, 0.15) is 43.0 Å². The molecule has 13 heteroatoms. The first kappa shape index (κ1) is 23.3. The van der Waals surface area contributed by atoms with Gasteiger partial charge in [0.05, 0.1) is 5.69 Å². The molecule has 10 nitrogen and oxygen atoms in total. The molecular weight excluding hydrogens is 462 g/mol. The van der Waals surface area contributed by atoms with Crippen LogP contribution in [0.2, 0.25) is 0 Å². The van der Waals surface area contributed by atoms with Gasteiger partial charge >= 0.3 is 11.6 Å². The van der Waals surface area contributed by atoms with Gasteiger partial charge in [0.1, 0.15) is 6.04 Å². The van der Waals surface area contributed by atoms with Gasteiger partial charge < -0.3 is 20.3 Å². The predicted octanol–water partition coefficient (Wildman–Crippen LogP) is 3.78. The minimum atomic E-state index is -3.83. The maximum absolute atomic E-state index is 12.7.